The zero-order valence-corrected chi connectivity index (χ0v) is 9.02. The molecule has 1 aliphatic heterocycles. The molecule has 0 amide bonds. The molecule has 0 saturated carbocycles. The smallest absolute Gasteiger partial charge is 0.226 e. The van der Waals surface area contributed by atoms with Crippen LogP contribution in [0.1, 0.15) is 18.1 Å². The van der Waals surface area contributed by atoms with Crippen LogP contribution in [0.4, 0.5) is 0 Å². The van der Waals surface area contributed by atoms with Crippen molar-refractivity contribution in [3.05, 3.63) is 11.7 Å². The van der Waals surface area contributed by atoms with E-state index in [1.54, 1.807) is 0 Å². The van der Waals surface area contributed by atoms with Crippen LogP contribution < -0.4 is 0 Å². The van der Waals surface area contributed by atoms with Gasteiger partial charge in [-0.3, -0.25) is 0 Å². The molecule has 1 aromatic rings. The maximum Gasteiger partial charge on any atom is 0.226 e. The zero-order valence-electron chi connectivity index (χ0n) is 9.02. The lowest BCUT2D eigenvalue weighted by Crippen LogP contribution is -2.15. The first kappa shape index (κ1) is 10.6. The molecule has 1 fully saturated rings. The van der Waals surface area contributed by atoms with Gasteiger partial charge in [-0.2, -0.15) is 4.98 Å². The Labute approximate surface area is 89.1 Å². The molecule has 2 rings (SSSR count). The van der Waals surface area contributed by atoms with E-state index in [9.17, 15) is 0 Å². The summed E-state index contributed by atoms with van der Waals surface area (Å²) in [4.78, 5) is 6.55. The van der Waals surface area contributed by atoms with Crippen LogP contribution in [-0.4, -0.2) is 46.9 Å². The van der Waals surface area contributed by atoms with Crippen molar-refractivity contribution in [2.75, 3.05) is 26.7 Å². The van der Waals surface area contributed by atoms with Crippen molar-refractivity contribution in [2.45, 2.75) is 19.3 Å². The highest BCUT2D eigenvalue weighted by Crippen LogP contribution is 2.18. The standard InChI is InChI=1S/C10H17N3O2/c1-13-4-2-8(7-13)6-10-11-9(3-5-14)12-15-10/h8,14H,2-7H2,1H3. The van der Waals surface area contributed by atoms with Gasteiger partial charge in [0.05, 0.1) is 6.61 Å². The summed E-state index contributed by atoms with van der Waals surface area (Å²) in [7, 11) is 2.13. The number of likely N-dealkylation sites (tertiary alicyclic amines) is 1. The highest BCUT2D eigenvalue weighted by atomic mass is 16.5. The Kier molecular flexibility index (Phi) is 3.33. The Morgan fingerprint density at radius 2 is 2.47 bits per heavy atom. The van der Waals surface area contributed by atoms with Crippen LogP contribution in [-0.2, 0) is 12.8 Å². The summed E-state index contributed by atoms with van der Waals surface area (Å²) in [5.41, 5.74) is 0. The van der Waals surface area contributed by atoms with Gasteiger partial charge in [0.25, 0.3) is 0 Å². The molecule has 15 heavy (non-hydrogen) atoms. The molecule has 0 radical (unpaired) electrons. The third-order valence-corrected chi connectivity index (χ3v) is 2.80. The number of aliphatic hydroxyl groups is 1. The number of hydrogen-bond acceptors (Lipinski definition) is 5. The van der Waals surface area contributed by atoms with E-state index in [1.165, 1.54) is 6.42 Å². The van der Waals surface area contributed by atoms with Crippen molar-refractivity contribution in [1.29, 1.82) is 0 Å². The molecule has 5 nitrogen and oxygen atoms in total. The minimum Gasteiger partial charge on any atom is -0.396 e. The van der Waals surface area contributed by atoms with Crippen LogP contribution in [0.5, 0.6) is 0 Å². The third kappa shape index (κ3) is 2.76. The lowest BCUT2D eigenvalue weighted by molar-refractivity contribution is 0.292. The molecule has 1 N–H and O–H groups in total. The Morgan fingerprint density at radius 1 is 1.60 bits per heavy atom. The molecular formula is C10H17N3O2. The first-order valence-electron chi connectivity index (χ1n) is 5.39. The van der Waals surface area contributed by atoms with Crippen molar-refractivity contribution in [3.8, 4) is 0 Å². The second-order valence-corrected chi connectivity index (χ2v) is 4.20. The summed E-state index contributed by atoms with van der Waals surface area (Å²) in [5, 5.41) is 12.5. The SMILES string of the molecule is CN1CCC(Cc2nc(CCO)no2)C1. The van der Waals surface area contributed by atoms with Crippen LogP contribution in [0.25, 0.3) is 0 Å². The van der Waals surface area contributed by atoms with Crippen molar-refractivity contribution < 1.29 is 9.63 Å². The quantitative estimate of drug-likeness (QED) is 0.765. The van der Waals surface area contributed by atoms with Gasteiger partial charge in [-0.1, -0.05) is 5.16 Å². The molecule has 5 heteroatoms. The van der Waals surface area contributed by atoms with Gasteiger partial charge >= 0.3 is 0 Å². The molecule has 1 aliphatic rings. The Hall–Kier alpha value is -0.940. The molecule has 1 aromatic heterocycles. The fourth-order valence-corrected chi connectivity index (χ4v) is 2.01. The number of nitrogens with zero attached hydrogens (tertiary/aromatic N) is 3. The molecule has 0 bridgehead atoms. The first-order valence-corrected chi connectivity index (χ1v) is 5.39. The van der Waals surface area contributed by atoms with E-state index in [-0.39, 0.29) is 6.61 Å². The molecule has 84 valence electrons. The van der Waals surface area contributed by atoms with Crippen LogP contribution in [0.15, 0.2) is 4.52 Å². The van der Waals surface area contributed by atoms with Crippen LogP contribution in [0, 0.1) is 5.92 Å². The van der Waals surface area contributed by atoms with E-state index in [0.717, 1.165) is 19.5 Å². The van der Waals surface area contributed by atoms with Crippen molar-refractivity contribution >= 4 is 0 Å². The molecule has 2 heterocycles. The van der Waals surface area contributed by atoms with Gasteiger partial charge in [0.15, 0.2) is 5.82 Å². The van der Waals surface area contributed by atoms with Crippen LogP contribution in [0.2, 0.25) is 0 Å². The second-order valence-electron chi connectivity index (χ2n) is 4.20. The van der Waals surface area contributed by atoms with E-state index < -0.39 is 0 Å². The zero-order chi connectivity index (χ0) is 10.7. The molecular weight excluding hydrogens is 194 g/mol. The summed E-state index contributed by atoms with van der Waals surface area (Å²) in [5.74, 6) is 1.95. The Morgan fingerprint density at radius 3 is 3.13 bits per heavy atom. The summed E-state index contributed by atoms with van der Waals surface area (Å²) < 4.78 is 5.12. The van der Waals surface area contributed by atoms with Gasteiger partial charge < -0.3 is 14.5 Å². The predicted molar refractivity (Wildman–Crippen MR) is 54.4 cm³/mol. The number of hydrogen-bond donors (Lipinski definition) is 1. The summed E-state index contributed by atoms with van der Waals surface area (Å²) in [6.07, 6.45) is 2.55. The van der Waals surface area contributed by atoms with Gasteiger partial charge in [0.1, 0.15) is 0 Å². The highest BCUT2D eigenvalue weighted by Gasteiger charge is 2.21. The average Bonchev–Trinajstić information content (AvgIpc) is 2.78. The van der Waals surface area contributed by atoms with Crippen molar-refractivity contribution in [1.82, 2.24) is 15.0 Å². The third-order valence-electron chi connectivity index (χ3n) is 2.80. The minimum absolute atomic E-state index is 0.0745. The fourth-order valence-electron chi connectivity index (χ4n) is 2.01. The van der Waals surface area contributed by atoms with E-state index in [0.29, 0.717) is 24.1 Å². The summed E-state index contributed by atoms with van der Waals surface area (Å²) in [6.45, 7) is 2.34. The Balaban J connectivity index is 1.87. The normalized spacial score (nSPS) is 22.4. The molecule has 0 spiro atoms. The van der Waals surface area contributed by atoms with Gasteiger partial charge in [-0.25, -0.2) is 0 Å². The highest BCUT2D eigenvalue weighted by molar-refractivity contribution is 4.90. The topological polar surface area (TPSA) is 62.4 Å². The lowest BCUT2D eigenvalue weighted by atomic mass is 10.1. The van der Waals surface area contributed by atoms with Gasteiger partial charge in [-0.15, -0.1) is 0 Å². The van der Waals surface area contributed by atoms with Gasteiger partial charge in [0, 0.05) is 19.4 Å². The molecule has 0 aliphatic carbocycles. The van der Waals surface area contributed by atoms with Crippen molar-refractivity contribution in [2.24, 2.45) is 5.92 Å². The predicted octanol–water partition coefficient (Wildman–Crippen LogP) is 0.0986. The van der Waals surface area contributed by atoms with E-state index in [2.05, 4.69) is 22.1 Å². The van der Waals surface area contributed by atoms with Crippen LogP contribution in [0.3, 0.4) is 0 Å². The average molecular weight is 211 g/mol. The summed E-state index contributed by atoms with van der Waals surface area (Å²) >= 11 is 0. The van der Waals surface area contributed by atoms with Crippen molar-refractivity contribution in [3.63, 3.8) is 0 Å². The number of aliphatic hydroxyl groups excluding tert-OH is 1. The maximum absolute atomic E-state index is 8.72. The summed E-state index contributed by atoms with van der Waals surface area (Å²) in [6, 6.07) is 0. The van der Waals surface area contributed by atoms with E-state index in [1.807, 2.05) is 0 Å². The molecule has 0 aromatic carbocycles. The largest absolute Gasteiger partial charge is 0.396 e. The monoisotopic (exact) mass is 211 g/mol. The fraction of sp³-hybridized carbons (Fsp3) is 0.800. The number of rotatable bonds is 4. The second kappa shape index (κ2) is 4.72. The van der Waals surface area contributed by atoms with E-state index >= 15 is 0 Å². The molecule has 1 atom stereocenters. The first-order chi connectivity index (χ1) is 7.28. The number of aromatic nitrogens is 2. The lowest BCUT2D eigenvalue weighted by Gasteiger charge is -2.06. The maximum atomic E-state index is 8.72. The van der Waals surface area contributed by atoms with Crippen LogP contribution >= 0.6 is 0 Å². The van der Waals surface area contributed by atoms with E-state index in [4.69, 9.17) is 9.63 Å². The Bertz CT molecular complexity index is 313. The molecule has 1 unspecified atom stereocenters. The molecule has 1 saturated heterocycles. The van der Waals surface area contributed by atoms with Gasteiger partial charge in [0.2, 0.25) is 5.89 Å². The minimum atomic E-state index is 0.0745. The van der Waals surface area contributed by atoms with Gasteiger partial charge in [-0.05, 0) is 25.9 Å².